The first-order valence-electron chi connectivity index (χ1n) is 10.7. The van der Waals surface area contributed by atoms with Crippen LogP contribution >= 0.6 is 11.6 Å². The highest BCUT2D eigenvalue weighted by molar-refractivity contribution is 7.91. The summed E-state index contributed by atoms with van der Waals surface area (Å²) in [6.07, 6.45) is 9.58. The van der Waals surface area contributed by atoms with E-state index >= 15 is 0 Å². The van der Waals surface area contributed by atoms with E-state index in [2.05, 4.69) is 11.1 Å². The molecular weight excluding hydrogens is 446 g/mol. The Kier molecular flexibility index (Phi) is 6.67. The first-order chi connectivity index (χ1) is 15.3. The van der Waals surface area contributed by atoms with Crippen molar-refractivity contribution in [3.8, 4) is 0 Å². The number of aryl methyl sites for hydroxylation is 1. The second-order valence-corrected chi connectivity index (χ2v) is 10.7. The van der Waals surface area contributed by atoms with Crippen LogP contribution < -0.4 is 0 Å². The Balaban J connectivity index is 1.31. The van der Waals surface area contributed by atoms with Gasteiger partial charge in [0.05, 0.1) is 10.6 Å². The van der Waals surface area contributed by atoms with E-state index in [1.807, 2.05) is 23.9 Å². The number of sulfone groups is 1. The van der Waals surface area contributed by atoms with Crippen LogP contribution in [0.4, 0.5) is 0 Å². The van der Waals surface area contributed by atoms with Crippen molar-refractivity contribution < 1.29 is 13.2 Å². The molecule has 0 unspecified atom stereocenters. The van der Waals surface area contributed by atoms with E-state index in [-0.39, 0.29) is 23.0 Å². The molecule has 0 N–H and O–H groups in total. The van der Waals surface area contributed by atoms with Gasteiger partial charge >= 0.3 is 0 Å². The van der Waals surface area contributed by atoms with Crippen LogP contribution in [0.2, 0.25) is 5.02 Å². The van der Waals surface area contributed by atoms with E-state index in [0.29, 0.717) is 24.0 Å². The number of nitrogens with zero attached hydrogens (tertiary/aromatic N) is 3. The molecule has 3 aromatic rings. The number of rotatable bonds is 6. The SMILES string of the molecule is Cn1ccnc1C=CC1CCN(C(=O)CCS(=O)(=O)c2ccc3cc(Cl)ccc3c2)CC1. The molecular formula is C24H26ClN3O3S. The average molecular weight is 472 g/mol. The molecule has 0 aliphatic carbocycles. The Morgan fingerprint density at radius 1 is 1.16 bits per heavy atom. The zero-order valence-corrected chi connectivity index (χ0v) is 19.5. The van der Waals surface area contributed by atoms with Gasteiger partial charge in [0.25, 0.3) is 0 Å². The summed E-state index contributed by atoms with van der Waals surface area (Å²) in [4.78, 5) is 18.9. The van der Waals surface area contributed by atoms with Crippen molar-refractivity contribution in [2.45, 2.75) is 24.2 Å². The summed E-state index contributed by atoms with van der Waals surface area (Å²) in [7, 11) is -1.59. The molecule has 1 fully saturated rings. The third-order valence-electron chi connectivity index (χ3n) is 5.99. The van der Waals surface area contributed by atoms with Gasteiger partial charge in [-0.3, -0.25) is 4.79 Å². The maximum atomic E-state index is 12.8. The quantitative estimate of drug-likeness (QED) is 0.536. The van der Waals surface area contributed by atoms with Gasteiger partial charge in [-0.25, -0.2) is 13.4 Å². The second-order valence-electron chi connectivity index (χ2n) is 8.20. The van der Waals surface area contributed by atoms with Gasteiger partial charge in [-0.2, -0.15) is 0 Å². The van der Waals surface area contributed by atoms with Crippen LogP contribution in [0.15, 0.2) is 59.8 Å². The number of amides is 1. The van der Waals surface area contributed by atoms with Crippen LogP contribution in [-0.2, 0) is 21.7 Å². The minimum atomic E-state index is -3.55. The number of aromatic nitrogens is 2. The highest BCUT2D eigenvalue weighted by atomic mass is 35.5. The van der Waals surface area contributed by atoms with Gasteiger partial charge in [0, 0.05) is 44.0 Å². The van der Waals surface area contributed by atoms with Crippen molar-refractivity contribution in [1.82, 2.24) is 14.5 Å². The summed E-state index contributed by atoms with van der Waals surface area (Å²) in [6, 6.07) is 10.3. The topological polar surface area (TPSA) is 72.3 Å². The Hall–Kier alpha value is -2.64. The Bertz CT molecular complexity index is 1260. The minimum Gasteiger partial charge on any atom is -0.343 e. The number of halogens is 1. The lowest BCUT2D eigenvalue weighted by atomic mass is 9.96. The van der Waals surface area contributed by atoms with E-state index in [1.165, 1.54) is 0 Å². The molecule has 1 saturated heterocycles. The van der Waals surface area contributed by atoms with E-state index < -0.39 is 9.84 Å². The minimum absolute atomic E-state index is 0.00519. The molecule has 0 saturated carbocycles. The number of piperidine rings is 1. The fourth-order valence-electron chi connectivity index (χ4n) is 3.99. The van der Waals surface area contributed by atoms with E-state index in [1.54, 1.807) is 47.5 Å². The lowest BCUT2D eigenvalue weighted by Gasteiger charge is -2.30. The third kappa shape index (κ3) is 5.22. The molecule has 2 heterocycles. The lowest BCUT2D eigenvalue weighted by Crippen LogP contribution is -2.38. The van der Waals surface area contributed by atoms with Crippen molar-refractivity contribution in [2.24, 2.45) is 13.0 Å². The zero-order valence-electron chi connectivity index (χ0n) is 17.9. The van der Waals surface area contributed by atoms with E-state index in [4.69, 9.17) is 11.6 Å². The number of likely N-dealkylation sites (tertiary alicyclic amines) is 1. The van der Waals surface area contributed by atoms with Gasteiger partial charge < -0.3 is 9.47 Å². The fraction of sp³-hybridized carbons (Fsp3) is 0.333. The number of hydrogen-bond donors (Lipinski definition) is 0. The summed E-state index contributed by atoms with van der Waals surface area (Å²) in [5, 5.41) is 2.30. The summed E-state index contributed by atoms with van der Waals surface area (Å²) < 4.78 is 27.5. The highest BCUT2D eigenvalue weighted by Gasteiger charge is 2.24. The maximum absolute atomic E-state index is 12.8. The summed E-state index contributed by atoms with van der Waals surface area (Å²) >= 11 is 5.99. The standard InChI is InChI=1S/C24H26ClN3O3S/c1-27-14-11-26-23(27)7-2-18-8-12-28(13-9-18)24(29)10-15-32(30,31)22-6-4-19-16-21(25)5-3-20(19)17-22/h2-7,11,14,16-18H,8-10,12-13,15H2,1H3. The van der Waals surface area contributed by atoms with Gasteiger partial charge in [0.1, 0.15) is 5.82 Å². The first kappa shape index (κ1) is 22.6. The molecule has 1 aromatic heterocycles. The number of carbonyl (C=O) groups excluding carboxylic acids is 1. The average Bonchev–Trinajstić information content (AvgIpc) is 3.20. The number of hydrogen-bond acceptors (Lipinski definition) is 4. The number of allylic oxidation sites excluding steroid dienone is 1. The maximum Gasteiger partial charge on any atom is 0.223 e. The highest BCUT2D eigenvalue weighted by Crippen LogP contribution is 2.24. The van der Waals surface area contributed by atoms with Crippen LogP contribution in [0.3, 0.4) is 0 Å². The molecule has 1 amide bonds. The Labute approximate surface area is 193 Å². The molecule has 2 aromatic carbocycles. The van der Waals surface area contributed by atoms with Crippen molar-refractivity contribution in [3.05, 3.63) is 65.7 Å². The number of carbonyl (C=O) groups is 1. The lowest BCUT2D eigenvalue weighted by molar-refractivity contribution is -0.131. The number of benzene rings is 2. The van der Waals surface area contributed by atoms with Crippen molar-refractivity contribution in [1.29, 1.82) is 0 Å². The van der Waals surface area contributed by atoms with Crippen LogP contribution in [-0.4, -0.2) is 47.6 Å². The normalized spacial score (nSPS) is 15.6. The largest absolute Gasteiger partial charge is 0.343 e. The first-order valence-corrected chi connectivity index (χ1v) is 12.7. The predicted molar refractivity (Wildman–Crippen MR) is 127 cm³/mol. The number of fused-ring (bicyclic) bond motifs is 1. The van der Waals surface area contributed by atoms with Gasteiger partial charge in [-0.15, -0.1) is 0 Å². The number of imidazole rings is 1. The van der Waals surface area contributed by atoms with Crippen LogP contribution in [0.25, 0.3) is 16.8 Å². The Morgan fingerprint density at radius 2 is 1.88 bits per heavy atom. The molecule has 6 nitrogen and oxygen atoms in total. The molecule has 0 atom stereocenters. The van der Waals surface area contributed by atoms with Gasteiger partial charge in [-0.05, 0) is 59.9 Å². The smallest absolute Gasteiger partial charge is 0.223 e. The van der Waals surface area contributed by atoms with Crippen molar-refractivity contribution in [3.63, 3.8) is 0 Å². The molecule has 168 valence electrons. The van der Waals surface area contributed by atoms with Crippen molar-refractivity contribution >= 4 is 44.2 Å². The third-order valence-corrected chi connectivity index (χ3v) is 7.93. The van der Waals surface area contributed by atoms with Crippen LogP contribution in [0.1, 0.15) is 25.1 Å². The Morgan fingerprint density at radius 3 is 2.59 bits per heavy atom. The molecule has 1 aliphatic rings. The van der Waals surface area contributed by atoms with Gasteiger partial charge in [0.2, 0.25) is 5.91 Å². The zero-order chi connectivity index (χ0) is 22.7. The van der Waals surface area contributed by atoms with Gasteiger partial charge in [0.15, 0.2) is 9.84 Å². The monoisotopic (exact) mass is 471 g/mol. The summed E-state index contributed by atoms with van der Waals surface area (Å²) in [5.74, 6) is 1.01. The van der Waals surface area contributed by atoms with E-state index in [9.17, 15) is 13.2 Å². The molecule has 1 aliphatic heterocycles. The molecule has 4 rings (SSSR count). The molecule has 0 spiro atoms. The van der Waals surface area contributed by atoms with Crippen LogP contribution in [0.5, 0.6) is 0 Å². The fourth-order valence-corrected chi connectivity index (χ4v) is 5.43. The molecule has 0 radical (unpaired) electrons. The second kappa shape index (κ2) is 9.46. The van der Waals surface area contributed by atoms with Crippen molar-refractivity contribution in [2.75, 3.05) is 18.8 Å². The molecule has 0 bridgehead atoms. The van der Waals surface area contributed by atoms with Crippen LogP contribution in [0, 0.1) is 5.92 Å². The summed E-state index contributed by atoms with van der Waals surface area (Å²) in [5.41, 5.74) is 0. The molecule has 32 heavy (non-hydrogen) atoms. The summed E-state index contributed by atoms with van der Waals surface area (Å²) in [6.45, 7) is 1.29. The predicted octanol–water partition coefficient (Wildman–Crippen LogP) is 4.34. The van der Waals surface area contributed by atoms with Gasteiger partial charge in [-0.1, -0.05) is 29.8 Å². The molecule has 8 heteroatoms. The van der Waals surface area contributed by atoms with E-state index in [0.717, 1.165) is 29.4 Å².